The van der Waals surface area contributed by atoms with Crippen LogP contribution in [0, 0.1) is 12.7 Å². The van der Waals surface area contributed by atoms with E-state index < -0.39 is 11.8 Å². The molecule has 1 heterocycles. The topological polar surface area (TPSA) is 82.4 Å². The maximum atomic E-state index is 13.3. The van der Waals surface area contributed by atoms with Crippen molar-refractivity contribution in [1.82, 2.24) is 4.98 Å². The fourth-order valence-corrected chi connectivity index (χ4v) is 2.36. The number of hydrogen-bond donors (Lipinski definition) is 0. The van der Waals surface area contributed by atoms with Crippen LogP contribution in [-0.2, 0) is 25.8 Å². The van der Waals surface area contributed by atoms with E-state index in [4.69, 9.17) is 14.4 Å². The third kappa shape index (κ3) is 5.10. The molecule has 142 valence electrons. The minimum Gasteiger partial charge on any atom is -0.464 e. The molecule has 7 nitrogen and oxygen atoms in total. The van der Waals surface area contributed by atoms with Gasteiger partial charge in [-0.25, -0.2) is 9.18 Å². The monoisotopic (exact) mass is 373 g/mol. The first-order valence-corrected chi connectivity index (χ1v) is 8.03. The van der Waals surface area contributed by atoms with E-state index in [1.54, 1.807) is 19.1 Å². The molecular weight excluding hydrogens is 353 g/mol. The molecule has 2 rings (SSSR count). The lowest BCUT2D eigenvalue weighted by atomic mass is 9.99. The average Bonchev–Trinajstić information content (AvgIpc) is 2.66. The van der Waals surface area contributed by atoms with Crippen molar-refractivity contribution in [2.24, 2.45) is 10.3 Å². The summed E-state index contributed by atoms with van der Waals surface area (Å²) in [5.74, 6) is -1.09. The van der Waals surface area contributed by atoms with E-state index in [9.17, 15) is 9.18 Å². The summed E-state index contributed by atoms with van der Waals surface area (Å²) in [6.07, 6.45) is 2.60. The summed E-state index contributed by atoms with van der Waals surface area (Å²) in [6.45, 7) is 3.63. The van der Waals surface area contributed by atoms with Gasteiger partial charge in [0.25, 0.3) is 0 Å². The highest BCUT2D eigenvalue weighted by atomic mass is 19.1. The fraction of sp³-hybridized carbons (Fsp3) is 0.263. The summed E-state index contributed by atoms with van der Waals surface area (Å²) in [5.41, 5.74) is 3.10. The number of aryl methyl sites for hydroxylation is 1. The van der Waals surface area contributed by atoms with Gasteiger partial charge in [0, 0.05) is 22.9 Å². The Morgan fingerprint density at radius 2 is 2.00 bits per heavy atom. The number of benzene rings is 1. The van der Waals surface area contributed by atoms with Crippen LogP contribution in [-0.4, -0.2) is 36.6 Å². The maximum absolute atomic E-state index is 13.3. The summed E-state index contributed by atoms with van der Waals surface area (Å²) >= 11 is 0. The van der Waals surface area contributed by atoms with Gasteiger partial charge < -0.3 is 14.4 Å². The number of aromatic nitrogens is 1. The molecule has 0 aliphatic rings. The van der Waals surface area contributed by atoms with Crippen molar-refractivity contribution >= 4 is 17.4 Å². The molecule has 0 spiro atoms. The SMILES string of the molecule is CO/N=C(/C(=O)OC)c1cccc(C)c1CO/N=C(\C)c1cncc(F)c1. The number of nitrogens with zero attached hydrogens (tertiary/aromatic N) is 3. The molecule has 27 heavy (non-hydrogen) atoms. The Labute approximate surface area is 156 Å². The zero-order chi connectivity index (χ0) is 19.8. The van der Waals surface area contributed by atoms with Crippen molar-refractivity contribution in [2.75, 3.05) is 14.2 Å². The Bertz CT molecular complexity index is 881. The highest BCUT2D eigenvalue weighted by Crippen LogP contribution is 2.18. The average molecular weight is 373 g/mol. The van der Waals surface area contributed by atoms with Crippen molar-refractivity contribution in [1.29, 1.82) is 0 Å². The molecule has 0 bridgehead atoms. The van der Waals surface area contributed by atoms with E-state index in [-0.39, 0.29) is 12.3 Å². The van der Waals surface area contributed by atoms with Gasteiger partial charge >= 0.3 is 5.97 Å². The molecule has 0 N–H and O–H groups in total. The van der Waals surface area contributed by atoms with Crippen LogP contribution >= 0.6 is 0 Å². The number of carbonyl (C=O) groups is 1. The predicted molar refractivity (Wildman–Crippen MR) is 97.9 cm³/mol. The first-order chi connectivity index (χ1) is 13.0. The van der Waals surface area contributed by atoms with Crippen LogP contribution in [0.3, 0.4) is 0 Å². The number of oxime groups is 2. The van der Waals surface area contributed by atoms with Crippen molar-refractivity contribution in [3.8, 4) is 0 Å². The molecule has 0 fully saturated rings. The number of pyridine rings is 1. The van der Waals surface area contributed by atoms with E-state index in [0.717, 1.165) is 11.8 Å². The van der Waals surface area contributed by atoms with Crippen LogP contribution in [0.4, 0.5) is 4.39 Å². The van der Waals surface area contributed by atoms with Gasteiger partial charge in [0.05, 0.1) is 19.0 Å². The highest BCUT2D eigenvalue weighted by molar-refractivity contribution is 6.43. The number of hydrogen-bond acceptors (Lipinski definition) is 7. The van der Waals surface area contributed by atoms with Gasteiger partial charge in [0.15, 0.2) is 5.71 Å². The van der Waals surface area contributed by atoms with Gasteiger partial charge in [-0.05, 0) is 25.5 Å². The predicted octanol–water partition coefficient (Wildman–Crippen LogP) is 2.99. The molecular formula is C19H20FN3O4. The van der Waals surface area contributed by atoms with Gasteiger partial charge in [0.1, 0.15) is 19.5 Å². The Morgan fingerprint density at radius 3 is 2.67 bits per heavy atom. The van der Waals surface area contributed by atoms with Crippen LogP contribution in [0.2, 0.25) is 0 Å². The Hall–Kier alpha value is -3.29. The van der Waals surface area contributed by atoms with Crippen LogP contribution < -0.4 is 0 Å². The lowest BCUT2D eigenvalue weighted by molar-refractivity contribution is -0.132. The van der Waals surface area contributed by atoms with E-state index in [0.29, 0.717) is 22.4 Å². The van der Waals surface area contributed by atoms with Gasteiger partial charge in [-0.2, -0.15) is 0 Å². The second-order valence-electron chi connectivity index (χ2n) is 5.56. The second-order valence-corrected chi connectivity index (χ2v) is 5.56. The molecule has 0 saturated heterocycles. The molecule has 0 amide bonds. The number of esters is 1. The molecule has 8 heteroatoms. The summed E-state index contributed by atoms with van der Waals surface area (Å²) in [7, 11) is 2.61. The largest absolute Gasteiger partial charge is 0.464 e. The summed E-state index contributed by atoms with van der Waals surface area (Å²) < 4.78 is 18.0. The quantitative estimate of drug-likeness (QED) is 0.423. The summed E-state index contributed by atoms with van der Waals surface area (Å²) in [6, 6.07) is 6.69. The number of rotatable bonds is 7. The van der Waals surface area contributed by atoms with Gasteiger partial charge in [-0.15, -0.1) is 0 Å². The lowest BCUT2D eigenvalue weighted by Gasteiger charge is -2.12. The molecule has 0 saturated carbocycles. The molecule has 0 unspecified atom stereocenters. The Kier molecular flexibility index (Phi) is 6.99. The van der Waals surface area contributed by atoms with Crippen LogP contribution in [0.5, 0.6) is 0 Å². The van der Waals surface area contributed by atoms with Crippen molar-refractivity contribution in [3.05, 3.63) is 64.7 Å². The van der Waals surface area contributed by atoms with Crippen molar-refractivity contribution < 1.29 is 23.6 Å². The molecule has 0 radical (unpaired) electrons. The van der Waals surface area contributed by atoms with Gasteiger partial charge in [0.2, 0.25) is 0 Å². The maximum Gasteiger partial charge on any atom is 0.360 e. The minimum atomic E-state index is -0.630. The van der Waals surface area contributed by atoms with E-state index >= 15 is 0 Å². The Balaban J connectivity index is 2.27. The zero-order valence-corrected chi connectivity index (χ0v) is 15.5. The van der Waals surface area contributed by atoms with E-state index in [1.807, 2.05) is 13.0 Å². The molecule has 0 atom stereocenters. The van der Waals surface area contributed by atoms with Gasteiger partial charge in [-0.3, -0.25) is 4.98 Å². The first kappa shape index (κ1) is 20.0. The molecule has 2 aromatic rings. The van der Waals surface area contributed by atoms with Crippen molar-refractivity contribution in [3.63, 3.8) is 0 Å². The smallest absolute Gasteiger partial charge is 0.360 e. The highest BCUT2D eigenvalue weighted by Gasteiger charge is 2.20. The third-order valence-corrected chi connectivity index (χ3v) is 3.76. The number of carbonyl (C=O) groups excluding carboxylic acids is 1. The van der Waals surface area contributed by atoms with Gasteiger partial charge in [-0.1, -0.05) is 28.5 Å². The standard InChI is InChI=1S/C19H20FN3O4/c1-12-6-5-7-16(18(23-26-4)19(24)25-3)17(12)11-27-22-13(2)14-8-15(20)10-21-9-14/h5-10H,11H2,1-4H3/b22-13+,23-18+. The molecule has 0 aliphatic heterocycles. The summed E-state index contributed by atoms with van der Waals surface area (Å²) in [5, 5.41) is 7.77. The van der Waals surface area contributed by atoms with Crippen LogP contribution in [0.25, 0.3) is 0 Å². The van der Waals surface area contributed by atoms with Crippen molar-refractivity contribution in [2.45, 2.75) is 20.5 Å². The third-order valence-electron chi connectivity index (χ3n) is 3.76. The van der Waals surface area contributed by atoms with E-state index in [1.165, 1.54) is 26.5 Å². The number of methoxy groups -OCH3 is 1. The minimum absolute atomic E-state index is 0.0253. The Morgan fingerprint density at radius 1 is 1.22 bits per heavy atom. The van der Waals surface area contributed by atoms with E-state index in [2.05, 4.69) is 15.3 Å². The zero-order valence-electron chi connectivity index (χ0n) is 15.5. The van der Waals surface area contributed by atoms with Crippen LogP contribution in [0.1, 0.15) is 29.2 Å². The molecule has 0 aliphatic carbocycles. The molecule has 1 aromatic carbocycles. The number of ether oxygens (including phenoxy) is 1. The normalized spacial score (nSPS) is 11.9. The first-order valence-electron chi connectivity index (χ1n) is 8.03. The van der Waals surface area contributed by atoms with Crippen LogP contribution in [0.15, 0.2) is 47.0 Å². The number of halogens is 1. The molecule has 1 aromatic heterocycles. The lowest BCUT2D eigenvalue weighted by Crippen LogP contribution is -2.20. The fourth-order valence-electron chi connectivity index (χ4n) is 2.36. The summed E-state index contributed by atoms with van der Waals surface area (Å²) in [4.78, 5) is 26.0. The second kappa shape index (κ2) is 9.42.